The first-order valence-electron chi connectivity index (χ1n) is 7.50. The quantitative estimate of drug-likeness (QED) is 0.606. The molecule has 0 radical (unpaired) electrons. The third-order valence-corrected chi connectivity index (χ3v) is 3.98. The molecule has 0 atom stereocenters. The molecule has 3 aromatic rings. The van der Waals surface area contributed by atoms with Crippen molar-refractivity contribution in [3.05, 3.63) is 102 Å². The van der Waals surface area contributed by atoms with Gasteiger partial charge in [-0.05, 0) is 12.1 Å². The van der Waals surface area contributed by atoms with E-state index >= 15 is 0 Å². The summed E-state index contributed by atoms with van der Waals surface area (Å²) in [5.74, 6) is 0. The first-order valence-corrected chi connectivity index (χ1v) is 7.50. The highest BCUT2D eigenvalue weighted by atomic mass is 15.6. The second-order valence-electron chi connectivity index (χ2n) is 5.33. The molecular formula is C19H15N4+. The summed E-state index contributed by atoms with van der Waals surface area (Å²) in [6, 6.07) is 30.3. The van der Waals surface area contributed by atoms with Crippen molar-refractivity contribution in [2.75, 3.05) is 0 Å². The van der Waals surface area contributed by atoms with Crippen LogP contribution in [0.4, 0.5) is 5.69 Å². The molecule has 0 saturated heterocycles. The van der Waals surface area contributed by atoms with Crippen LogP contribution in [0.15, 0.2) is 107 Å². The van der Waals surface area contributed by atoms with E-state index in [0.29, 0.717) is 0 Å². The molecule has 0 unspecified atom stereocenters. The molecule has 1 heterocycles. The molecule has 4 heteroatoms. The lowest BCUT2D eigenvalue weighted by Crippen LogP contribution is -2.33. The summed E-state index contributed by atoms with van der Waals surface area (Å²) in [7, 11) is 0. The van der Waals surface area contributed by atoms with Gasteiger partial charge in [-0.1, -0.05) is 83.6 Å². The van der Waals surface area contributed by atoms with E-state index in [4.69, 9.17) is 0 Å². The minimum atomic E-state index is -0.774. The summed E-state index contributed by atoms with van der Waals surface area (Å²) in [4.78, 5) is 0. The molecule has 23 heavy (non-hydrogen) atoms. The smallest absolute Gasteiger partial charge is 0.0882 e. The van der Waals surface area contributed by atoms with Gasteiger partial charge in [0.2, 0.25) is 5.22 Å². The molecule has 110 valence electrons. The number of hydrogen-bond donors (Lipinski definition) is 0. The number of rotatable bonds is 3. The fraction of sp³-hybridized carbons (Fsp3) is 0.0526. The van der Waals surface area contributed by atoms with Gasteiger partial charge < -0.3 is 0 Å². The Hall–Kier alpha value is -3.14. The van der Waals surface area contributed by atoms with Crippen LogP contribution in [0.2, 0.25) is 0 Å². The highest BCUT2D eigenvalue weighted by molar-refractivity contribution is 5.38. The molecule has 0 aliphatic carbocycles. The Balaban J connectivity index is 1.98. The minimum absolute atomic E-state index is 0.774. The Morgan fingerprint density at radius 2 is 1.09 bits per heavy atom. The van der Waals surface area contributed by atoms with E-state index in [-0.39, 0.29) is 0 Å². The predicted molar refractivity (Wildman–Crippen MR) is 87.3 cm³/mol. The molecule has 0 amide bonds. The maximum Gasteiger partial charge on any atom is 0.318 e. The van der Waals surface area contributed by atoms with Gasteiger partial charge in [0.15, 0.2) is 10.9 Å². The van der Waals surface area contributed by atoms with E-state index in [9.17, 15) is 0 Å². The van der Waals surface area contributed by atoms with Crippen LogP contribution in [0.3, 0.4) is 0 Å². The third kappa shape index (κ3) is 2.16. The normalized spacial score (nSPS) is 15.4. The Morgan fingerprint density at radius 3 is 1.61 bits per heavy atom. The summed E-state index contributed by atoms with van der Waals surface area (Å²) in [6.07, 6.45) is 0. The van der Waals surface area contributed by atoms with Crippen LogP contribution >= 0.6 is 0 Å². The van der Waals surface area contributed by atoms with E-state index < -0.39 is 5.66 Å². The van der Waals surface area contributed by atoms with E-state index in [1.807, 2.05) is 71.4 Å². The van der Waals surface area contributed by atoms with Crippen LogP contribution in [-0.4, -0.2) is 4.70 Å². The number of para-hydroxylation sites is 1. The second kappa shape index (κ2) is 5.57. The highest BCUT2D eigenvalue weighted by Gasteiger charge is 2.50. The van der Waals surface area contributed by atoms with Gasteiger partial charge in [0.05, 0.1) is 0 Å². The van der Waals surface area contributed by atoms with Crippen molar-refractivity contribution in [2.45, 2.75) is 5.66 Å². The van der Waals surface area contributed by atoms with Crippen molar-refractivity contribution >= 4 is 5.69 Å². The summed E-state index contributed by atoms with van der Waals surface area (Å²) < 4.78 is 1.87. The van der Waals surface area contributed by atoms with Gasteiger partial charge in [-0.3, -0.25) is 0 Å². The highest BCUT2D eigenvalue weighted by Crippen LogP contribution is 2.42. The van der Waals surface area contributed by atoms with E-state index in [2.05, 4.69) is 39.8 Å². The molecule has 4 rings (SSSR count). The molecule has 0 spiro atoms. The summed E-state index contributed by atoms with van der Waals surface area (Å²) >= 11 is 0. The van der Waals surface area contributed by atoms with Crippen LogP contribution in [0.25, 0.3) is 0 Å². The van der Waals surface area contributed by atoms with Gasteiger partial charge in [-0.2, -0.15) is 0 Å². The molecule has 1 aliphatic rings. The Bertz CT molecular complexity index is 816. The molecule has 0 N–H and O–H groups in total. The summed E-state index contributed by atoms with van der Waals surface area (Å²) in [6.45, 7) is 0. The first-order chi connectivity index (χ1) is 11.4. The lowest BCUT2D eigenvalue weighted by atomic mass is 9.91. The van der Waals surface area contributed by atoms with Gasteiger partial charge >= 0.3 is 5.66 Å². The lowest BCUT2D eigenvalue weighted by molar-refractivity contribution is -0.581. The molecule has 0 bridgehead atoms. The van der Waals surface area contributed by atoms with Crippen molar-refractivity contribution in [1.29, 1.82) is 0 Å². The van der Waals surface area contributed by atoms with Crippen LogP contribution in [-0.2, 0) is 5.66 Å². The zero-order chi connectivity index (χ0) is 15.5. The Labute approximate surface area is 134 Å². The summed E-state index contributed by atoms with van der Waals surface area (Å²) in [5.41, 5.74) is 2.23. The maximum atomic E-state index is 4.55. The predicted octanol–water partition coefficient (Wildman–Crippen LogP) is 5.06. The average Bonchev–Trinajstić information content (AvgIpc) is 3.10. The largest absolute Gasteiger partial charge is 0.318 e. The molecule has 0 saturated carbocycles. The molecule has 0 fully saturated rings. The van der Waals surface area contributed by atoms with Gasteiger partial charge in [0, 0.05) is 16.2 Å². The number of nitrogens with zero attached hydrogens (tertiary/aromatic N) is 4. The molecule has 0 aromatic heterocycles. The molecular weight excluding hydrogens is 284 g/mol. The van der Waals surface area contributed by atoms with Crippen LogP contribution in [0, 0.1) is 0 Å². The average molecular weight is 299 g/mol. The SMILES string of the molecule is c1ccc([N+]2=NN=NC2(c2ccccc2)c2ccccc2)cc1. The third-order valence-electron chi connectivity index (χ3n) is 3.98. The zero-order valence-corrected chi connectivity index (χ0v) is 12.4. The topological polar surface area (TPSA) is 40.1 Å². The monoisotopic (exact) mass is 299 g/mol. The Kier molecular flexibility index (Phi) is 3.27. The molecule has 3 aromatic carbocycles. The van der Waals surface area contributed by atoms with E-state index in [1.165, 1.54) is 0 Å². The minimum Gasteiger partial charge on any atom is -0.0882 e. The summed E-state index contributed by atoms with van der Waals surface area (Å²) in [5, 5.41) is 12.9. The standard InChI is InChI=1S/C19H15N4/c1-4-10-16(11-5-1)19(17-12-6-2-7-13-17)20-21-22-23(19)18-14-8-3-9-15-18/h1-15H/q+1. The van der Waals surface area contributed by atoms with Crippen molar-refractivity contribution in [2.24, 2.45) is 15.6 Å². The first kappa shape index (κ1) is 13.5. The van der Waals surface area contributed by atoms with Crippen molar-refractivity contribution < 1.29 is 4.70 Å². The van der Waals surface area contributed by atoms with Gasteiger partial charge in [-0.15, -0.1) is 0 Å². The van der Waals surface area contributed by atoms with Crippen LogP contribution in [0.1, 0.15) is 11.1 Å². The van der Waals surface area contributed by atoms with Crippen molar-refractivity contribution in [3.63, 3.8) is 0 Å². The number of hydrogen-bond acceptors (Lipinski definition) is 3. The number of benzene rings is 3. The molecule has 1 aliphatic heterocycles. The van der Waals surface area contributed by atoms with Crippen molar-refractivity contribution in [1.82, 2.24) is 0 Å². The molecule has 4 nitrogen and oxygen atoms in total. The van der Waals surface area contributed by atoms with E-state index in [0.717, 1.165) is 16.8 Å². The lowest BCUT2D eigenvalue weighted by Gasteiger charge is -2.23. The zero-order valence-electron chi connectivity index (χ0n) is 12.4. The Morgan fingerprint density at radius 1 is 0.609 bits per heavy atom. The second-order valence-corrected chi connectivity index (χ2v) is 5.33. The maximum absolute atomic E-state index is 4.55. The van der Waals surface area contributed by atoms with Crippen molar-refractivity contribution in [3.8, 4) is 0 Å². The van der Waals surface area contributed by atoms with Gasteiger partial charge in [-0.25, -0.2) is 0 Å². The van der Waals surface area contributed by atoms with E-state index in [1.54, 1.807) is 0 Å². The fourth-order valence-electron chi connectivity index (χ4n) is 2.91. The fourth-order valence-corrected chi connectivity index (χ4v) is 2.91. The van der Waals surface area contributed by atoms with Gasteiger partial charge in [0.1, 0.15) is 0 Å². The van der Waals surface area contributed by atoms with Gasteiger partial charge in [0.25, 0.3) is 0 Å². The van der Waals surface area contributed by atoms with Crippen LogP contribution in [0.5, 0.6) is 0 Å². The van der Waals surface area contributed by atoms with Crippen LogP contribution < -0.4 is 0 Å².